The lowest BCUT2D eigenvalue weighted by Gasteiger charge is -2.25. The van der Waals surface area contributed by atoms with Gasteiger partial charge in [0.05, 0.1) is 0 Å². The molecule has 102 valence electrons. The molecular formula is C10H22N2O3S2. The smallest absolute Gasteiger partial charge is 0.279 e. The molecule has 1 fully saturated rings. The number of aliphatic hydroxyl groups excluding tert-OH is 1. The molecule has 0 bridgehead atoms. The van der Waals surface area contributed by atoms with Gasteiger partial charge in [0.1, 0.15) is 0 Å². The molecule has 0 aliphatic carbocycles. The molecule has 0 aromatic carbocycles. The fraction of sp³-hybridized carbons (Fsp3) is 1.00. The Labute approximate surface area is 108 Å². The molecule has 0 saturated carbocycles. The lowest BCUT2D eigenvalue weighted by molar-refractivity contribution is 0.296. The zero-order valence-corrected chi connectivity index (χ0v) is 11.7. The highest BCUT2D eigenvalue weighted by molar-refractivity contribution is 7.99. The topological polar surface area (TPSA) is 69.6 Å². The van der Waals surface area contributed by atoms with Crippen LogP contribution in [0.2, 0.25) is 0 Å². The number of hydrogen-bond donors (Lipinski definition) is 2. The SMILES string of the molecule is O=S(=O)(NCCSCCCO)N1CCCCC1. The van der Waals surface area contributed by atoms with E-state index in [0.29, 0.717) is 19.6 Å². The number of nitrogens with zero attached hydrogens (tertiary/aromatic N) is 1. The molecule has 1 heterocycles. The van der Waals surface area contributed by atoms with Gasteiger partial charge in [0.2, 0.25) is 0 Å². The zero-order valence-electron chi connectivity index (χ0n) is 10.1. The van der Waals surface area contributed by atoms with Crippen molar-refractivity contribution in [2.45, 2.75) is 25.7 Å². The zero-order chi connectivity index (χ0) is 12.6. The predicted octanol–water partition coefficient (Wildman–Crippen LogP) is 0.422. The Morgan fingerprint density at radius 1 is 1.18 bits per heavy atom. The van der Waals surface area contributed by atoms with Crippen LogP contribution >= 0.6 is 11.8 Å². The summed E-state index contributed by atoms with van der Waals surface area (Å²) in [7, 11) is -3.26. The highest BCUT2D eigenvalue weighted by atomic mass is 32.2. The van der Waals surface area contributed by atoms with Crippen LogP contribution in [0.15, 0.2) is 0 Å². The van der Waals surface area contributed by atoms with E-state index in [-0.39, 0.29) is 6.61 Å². The molecule has 0 amide bonds. The molecular weight excluding hydrogens is 260 g/mol. The first-order valence-corrected chi connectivity index (χ1v) is 8.69. The molecule has 0 aromatic heterocycles. The summed E-state index contributed by atoms with van der Waals surface area (Å²) in [5, 5.41) is 8.59. The first kappa shape index (κ1) is 15.2. The van der Waals surface area contributed by atoms with Crippen molar-refractivity contribution in [1.29, 1.82) is 0 Å². The van der Waals surface area contributed by atoms with E-state index in [0.717, 1.165) is 37.2 Å². The molecule has 1 rings (SSSR count). The van der Waals surface area contributed by atoms with Gasteiger partial charge in [-0.1, -0.05) is 6.42 Å². The third-order valence-electron chi connectivity index (χ3n) is 2.63. The minimum Gasteiger partial charge on any atom is -0.396 e. The maximum Gasteiger partial charge on any atom is 0.279 e. The normalized spacial score (nSPS) is 18.4. The Hall–Kier alpha value is 0.180. The molecule has 1 aliphatic rings. The van der Waals surface area contributed by atoms with E-state index in [9.17, 15) is 8.42 Å². The van der Waals surface area contributed by atoms with Crippen LogP contribution in [0.3, 0.4) is 0 Å². The van der Waals surface area contributed by atoms with Crippen molar-refractivity contribution in [2.75, 3.05) is 37.7 Å². The van der Waals surface area contributed by atoms with Crippen molar-refractivity contribution in [3.8, 4) is 0 Å². The van der Waals surface area contributed by atoms with Gasteiger partial charge < -0.3 is 5.11 Å². The van der Waals surface area contributed by atoms with Gasteiger partial charge in [-0.25, -0.2) is 4.72 Å². The number of aliphatic hydroxyl groups is 1. The van der Waals surface area contributed by atoms with Gasteiger partial charge in [-0.2, -0.15) is 24.5 Å². The van der Waals surface area contributed by atoms with E-state index in [1.165, 1.54) is 4.31 Å². The van der Waals surface area contributed by atoms with Crippen LogP contribution in [0.1, 0.15) is 25.7 Å². The van der Waals surface area contributed by atoms with Crippen molar-refractivity contribution in [3.05, 3.63) is 0 Å². The second-order valence-corrected chi connectivity index (χ2v) is 7.03. The first-order valence-electron chi connectivity index (χ1n) is 6.10. The molecule has 2 N–H and O–H groups in total. The molecule has 0 radical (unpaired) electrons. The van der Waals surface area contributed by atoms with Crippen LogP contribution in [0, 0.1) is 0 Å². The molecule has 0 unspecified atom stereocenters. The van der Waals surface area contributed by atoms with Crippen molar-refractivity contribution in [2.24, 2.45) is 0 Å². The molecule has 17 heavy (non-hydrogen) atoms. The first-order chi connectivity index (χ1) is 8.17. The molecule has 7 heteroatoms. The maximum atomic E-state index is 11.8. The third-order valence-corrected chi connectivity index (χ3v) is 5.32. The fourth-order valence-electron chi connectivity index (χ4n) is 1.71. The van der Waals surface area contributed by atoms with Crippen molar-refractivity contribution >= 4 is 22.0 Å². The molecule has 0 aromatic rings. The number of rotatable bonds is 8. The Kier molecular flexibility index (Phi) is 7.45. The van der Waals surface area contributed by atoms with Crippen LogP contribution in [-0.2, 0) is 10.2 Å². The van der Waals surface area contributed by atoms with E-state index >= 15 is 0 Å². The molecule has 1 aliphatic heterocycles. The van der Waals surface area contributed by atoms with Crippen molar-refractivity contribution in [1.82, 2.24) is 9.03 Å². The Morgan fingerprint density at radius 2 is 1.88 bits per heavy atom. The molecule has 0 spiro atoms. The minimum atomic E-state index is -3.26. The van der Waals surface area contributed by atoms with Gasteiger partial charge in [0, 0.05) is 32.0 Å². The minimum absolute atomic E-state index is 0.201. The summed E-state index contributed by atoms with van der Waals surface area (Å²) in [5.74, 6) is 1.63. The summed E-state index contributed by atoms with van der Waals surface area (Å²) < 4.78 is 27.8. The summed E-state index contributed by atoms with van der Waals surface area (Å²) in [4.78, 5) is 0. The summed E-state index contributed by atoms with van der Waals surface area (Å²) >= 11 is 1.66. The van der Waals surface area contributed by atoms with Crippen LogP contribution in [-0.4, -0.2) is 55.6 Å². The third kappa shape index (κ3) is 6.05. The number of hydrogen-bond acceptors (Lipinski definition) is 4. The lowest BCUT2D eigenvalue weighted by atomic mass is 10.2. The Morgan fingerprint density at radius 3 is 2.53 bits per heavy atom. The van der Waals surface area contributed by atoms with Gasteiger partial charge in [0.15, 0.2) is 0 Å². The van der Waals surface area contributed by atoms with E-state index in [1.54, 1.807) is 11.8 Å². The molecule has 5 nitrogen and oxygen atoms in total. The van der Waals surface area contributed by atoms with Crippen LogP contribution < -0.4 is 4.72 Å². The van der Waals surface area contributed by atoms with Gasteiger partial charge in [0.25, 0.3) is 10.2 Å². The van der Waals surface area contributed by atoms with E-state index in [2.05, 4.69) is 4.72 Å². The average molecular weight is 282 g/mol. The largest absolute Gasteiger partial charge is 0.396 e. The summed E-state index contributed by atoms with van der Waals surface area (Å²) in [5.41, 5.74) is 0. The molecule has 1 saturated heterocycles. The Balaban J connectivity index is 2.15. The van der Waals surface area contributed by atoms with Gasteiger partial charge in [-0.15, -0.1) is 0 Å². The Bertz CT molecular complexity index is 290. The van der Waals surface area contributed by atoms with E-state index in [4.69, 9.17) is 5.11 Å². The number of nitrogens with one attached hydrogen (secondary N) is 1. The monoisotopic (exact) mass is 282 g/mol. The van der Waals surface area contributed by atoms with Gasteiger partial charge in [-0.3, -0.25) is 0 Å². The van der Waals surface area contributed by atoms with Gasteiger partial charge in [-0.05, 0) is 25.0 Å². The number of piperidine rings is 1. The quantitative estimate of drug-likeness (QED) is 0.633. The summed E-state index contributed by atoms with van der Waals surface area (Å²) in [6.45, 7) is 1.96. The predicted molar refractivity (Wildman–Crippen MR) is 71.4 cm³/mol. The highest BCUT2D eigenvalue weighted by Gasteiger charge is 2.22. The van der Waals surface area contributed by atoms with E-state index < -0.39 is 10.2 Å². The van der Waals surface area contributed by atoms with Gasteiger partial charge >= 0.3 is 0 Å². The molecule has 0 atom stereocenters. The fourth-order valence-corrected chi connectivity index (χ4v) is 3.90. The summed E-state index contributed by atoms with van der Waals surface area (Å²) in [6, 6.07) is 0. The van der Waals surface area contributed by atoms with Crippen LogP contribution in [0.25, 0.3) is 0 Å². The van der Waals surface area contributed by atoms with Crippen LogP contribution in [0.5, 0.6) is 0 Å². The standard InChI is InChI=1S/C10H22N2O3S2/c13-8-4-9-16-10-5-11-17(14,15)12-6-2-1-3-7-12/h11,13H,1-10H2. The van der Waals surface area contributed by atoms with Crippen molar-refractivity contribution in [3.63, 3.8) is 0 Å². The second kappa shape index (κ2) is 8.31. The highest BCUT2D eigenvalue weighted by Crippen LogP contribution is 2.11. The second-order valence-electron chi connectivity index (χ2n) is 4.05. The summed E-state index contributed by atoms with van der Waals surface area (Å²) in [6.07, 6.45) is 3.82. The average Bonchev–Trinajstić information content (AvgIpc) is 2.35. The van der Waals surface area contributed by atoms with Crippen molar-refractivity contribution < 1.29 is 13.5 Å². The van der Waals surface area contributed by atoms with Crippen LogP contribution in [0.4, 0.5) is 0 Å². The lowest BCUT2D eigenvalue weighted by Crippen LogP contribution is -2.44. The van der Waals surface area contributed by atoms with E-state index in [1.807, 2.05) is 0 Å². The number of thioether (sulfide) groups is 1. The maximum absolute atomic E-state index is 11.8.